The molecular formula is C17H20N2O2. The molecule has 1 aromatic heterocycles. The number of nitrogens with one attached hydrogen (secondary N) is 1. The van der Waals surface area contributed by atoms with Crippen molar-refractivity contribution in [1.29, 1.82) is 0 Å². The molecule has 0 unspecified atom stereocenters. The van der Waals surface area contributed by atoms with E-state index in [0.29, 0.717) is 12.3 Å². The van der Waals surface area contributed by atoms with E-state index in [-0.39, 0.29) is 5.69 Å². The van der Waals surface area contributed by atoms with Crippen LogP contribution in [0.15, 0.2) is 36.5 Å². The molecule has 4 heteroatoms. The van der Waals surface area contributed by atoms with Crippen molar-refractivity contribution in [2.75, 3.05) is 7.05 Å². The predicted octanol–water partition coefficient (Wildman–Crippen LogP) is 2.62. The SMILES string of the molecule is CN[C@@H](CC(C)C)C(=O)C(=O)c1nccc2ccccc12. The van der Waals surface area contributed by atoms with Crippen LogP contribution in [0, 0.1) is 5.92 Å². The standard InChI is InChI=1S/C17H20N2O2/c1-11(2)10-14(18-3)16(20)17(21)15-13-7-5-4-6-12(13)8-9-19-15/h4-9,11,14,18H,10H2,1-3H3/t14-/m0/s1. The molecule has 1 atom stereocenters. The number of aromatic nitrogens is 1. The number of nitrogens with zero attached hydrogens (tertiary/aromatic N) is 1. The van der Waals surface area contributed by atoms with Gasteiger partial charge in [-0.3, -0.25) is 14.6 Å². The van der Waals surface area contributed by atoms with Gasteiger partial charge in [0.15, 0.2) is 0 Å². The predicted molar refractivity (Wildman–Crippen MR) is 83.4 cm³/mol. The van der Waals surface area contributed by atoms with Gasteiger partial charge in [0.05, 0.1) is 6.04 Å². The fraction of sp³-hybridized carbons (Fsp3) is 0.353. The van der Waals surface area contributed by atoms with Crippen LogP contribution in [0.25, 0.3) is 10.8 Å². The summed E-state index contributed by atoms with van der Waals surface area (Å²) >= 11 is 0. The lowest BCUT2D eigenvalue weighted by molar-refractivity contribution is -0.117. The molecule has 0 bridgehead atoms. The summed E-state index contributed by atoms with van der Waals surface area (Å²) in [7, 11) is 1.70. The third-order valence-electron chi connectivity index (χ3n) is 3.48. The molecule has 0 amide bonds. The Morgan fingerprint density at radius 3 is 2.57 bits per heavy atom. The summed E-state index contributed by atoms with van der Waals surface area (Å²) in [6.07, 6.45) is 2.20. The highest BCUT2D eigenvalue weighted by molar-refractivity contribution is 6.46. The van der Waals surface area contributed by atoms with E-state index >= 15 is 0 Å². The normalized spacial score (nSPS) is 12.6. The van der Waals surface area contributed by atoms with Gasteiger partial charge < -0.3 is 5.32 Å². The number of benzene rings is 1. The number of fused-ring (bicyclic) bond motifs is 1. The van der Waals surface area contributed by atoms with Crippen LogP contribution in [0.5, 0.6) is 0 Å². The van der Waals surface area contributed by atoms with Crippen LogP contribution >= 0.6 is 0 Å². The molecule has 0 aliphatic carbocycles. The van der Waals surface area contributed by atoms with Crippen LogP contribution in [0.3, 0.4) is 0 Å². The van der Waals surface area contributed by atoms with E-state index in [9.17, 15) is 9.59 Å². The zero-order valence-corrected chi connectivity index (χ0v) is 12.6. The van der Waals surface area contributed by atoms with E-state index in [4.69, 9.17) is 0 Å². The zero-order chi connectivity index (χ0) is 15.4. The number of hydrogen-bond donors (Lipinski definition) is 1. The quantitative estimate of drug-likeness (QED) is 0.654. The summed E-state index contributed by atoms with van der Waals surface area (Å²) < 4.78 is 0. The topological polar surface area (TPSA) is 59.1 Å². The van der Waals surface area contributed by atoms with Gasteiger partial charge >= 0.3 is 0 Å². The van der Waals surface area contributed by atoms with Gasteiger partial charge in [-0.15, -0.1) is 0 Å². The number of ketones is 2. The lowest BCUT2D eigenvalue weighted by atomic mass is 9.95. The van der Waals surface area contributed by atoms with Gasteiger partial charge in [-0.25, -0.2) is 0 Å². The largest absolute Gasteiger partial charge is 0.310 e. The maximum Gasteiger partial charge on any atom is 0.249 e. The van der Waals surface area contributed by atoms with Crippen molar-refractivity contribution in [3.8, 4) is 0 Å². The molecule has 2 aromatic rings. The minimum absolute atomic E-state index is 0.238. The monoisotopic (exact) mass is 284 g/mol. The van der Waals surface area contributed by atoms with Crippen molar-refractivity contribution in [2.45, 2.75) is 26.3 Å². The Hall–Kier alpha value is -2.07. The van der Waals surface area contributed by atoms with Crippen molar-refractivity contribution in [1.82, 2.24) is 10.3 Å². The molecule has 0 saturated heterocycles. The lowest BCUT2D eigenvalue weighted by Gasteiger charge is -2.16. The Kier molecular flexibility index (Phi) is 4.81. The first-order valence-corrected chi connectivity index (χ1v) is 7.14. The maximum absolute atomic E-state index is 12.5. The van der Waals surface area contributed by atoms with Gasteiger partial charge in [0.1, 0.15) is 5.69 Å². The van der Waals surface area contributed by atoms with Gasteiger partial charge in [0.2, 0.25) is 11.6 Å². The molecule has 4 nitrogen and oxygen atoms in total. The molecule has 0 fully saturated rings. The average molecular weight is 284 g/mol. The second kappa shape index (κ2) is 6.59. The molecular weight excluding hydrogens is 264 g/mol. The molecule has 0 aliphatic heterocycles. The van der Waals surface area contributed by atoms with Gasteiger partial charge in [0, 0.05) is 11.6 Å². The number of pyridine rings is 1. The Morgan fingerprint density at radius 2 is 1.90 bits per heavy atom. The number of likely N-dealkylation sites (N-methyl/N-ethyl adjacent to an activating group) is 1. The van der Waals surface area contributed by atoms with Crippen molar-refractivity contribution < 1.29 is 9.59 Å². The molecule has 0 radical (unpaired) electrons. The lowest BCUT2D eigenvalue weighted by Crippen LogP contribution is -2.40. The Bertz CT molecular complexity index is 659. The van der Waals surface area contributed by atoms with E-state index in [1.165, 1.54) is 0 Å². The van der Waals surface area contributed by atoms with Gasteiger partial charge in [0.25, 0.3) is 0 Å². The summed E-state index contributed by atoms with van der Waals surface area (Å²) in [5, 5.41) is 4.56. The van der Waals surface area contributed by atoms with Crippen LogP contribution in [-0.2, 0) is 4.79 Å². The second-order valence-electron chi connectivity index (χ2n) is 5.54. The van der Waals surface area contributed by atoms with Crippen molar-refractivity contribution in [3.63, 3.8) is 0 Å². The van der Waals surface area contributed by atoms with Crippen molar-refractivity contribution in [2.24, 2.45) is 5.92 Å². The second-order valence-corrected chi connectivity index (χ2v) is 5.54. The van der Waals surface area contributed by atoms with Crippen LogP contribution in [-0.4, -0.2) is 29.6 Å². The zero-order valence-electron chi connectivity index (χ0n) is 12.6. The molecule has 2 rings (SSSR count). The number of carbonyl (C=O) groups excluding carboxylic acids is 2. The minimum atomic E-state index is -0.521. The van der Waals surface area contributed by atoms with E-state index in [2.05, 4.69) is 10.3 Å². The van der Waals surface area contributed by atoms with E-state index in [0.717, 1.165) is 10.8 Å². The van der Waals surface area contributed by atoms with Gasteiger partial charge in [-0.1, -0.05) is 38.1 Å². The minimum Gasteiger partial charge on any atom is -0.310 e. The Balaban J connectivity index is 2.35. The summed E-state index contributed by atoms with van der Waals surface area (Å²) in [6.45, 7) is 4.05. The molecule has 0 spiro atoms. The van der Waals surface area contributed by atoms with Crippen LogP contribution in [0.2, 0.25) is 0 Å². The molecule has 21 heavy (non-hydrogen) atoms. The smallest absolute Gasteiger partial charge is 0.249 e. The highest BCUT2D eigenvalue weighted by Gasteiger charge is 2.27. The fourth-order valence-electron chi connectivity index (χ4n) is 2.40. The highest BCUT2D eigenvalue weighted by atomic mass is 16.2. The number of carbonyl (C=O) groups is 2. The summed E-state index contributed by atoms with van der Waals surface area (Å²) in [4.78, 5) is 29.0. The highest BCUT2D eigenvalue weighted by Crippen LogP contribution is 2.18. The van der Waals surface area contributed by atoms with E-state index < -0.39 is 17.6 Å². The molecule has 0 aliphatic rings. The number of rotatable bonds is 6. The molecule has 1 aromatic carbocycles. The van der Waals surface area contributed by atoms with Gasteiger partial charge in [-0.2, -0.15) is 0 Å². The Labute approximate surface area is 124 Å². The summed E-state index contributed by atoms with van der Waals surface area (Å²) in [5.41, 5.74) is 0.238. The summed E-state index contributed by atoms with van der Waals surface area (Å²) in [5.74, 6) is -0.610. The number of hydrogen-bond acceptors (Lipinski definition) is 4. The Morgan fingerprint density at radius 1 is 1.19 bits per heavy atom. The van der Waals surface area contributed by atoms with Crippen LogP contribution in [0.4, 0.5) is 0 Å². The van der Waals surface area contributed by atoms with Gasteiger partial charge in [-0.05, 0) is 30.8 Å². The van der Waals surface area contributed by atoms with Crippen molar-refractivity contribution >= 4 is 22.3 Å². The molecule has 1 heterocycles. The first-order chi connectivity index (χ1) is 10.0. The third kappa shape index (κ3) is 3.34. The summed E-state index contributed by atoms with van der Waals surface area (Å²) in [6, 6.07) is 8.84. The van der Waals surface area contributed by atoms with Crippen LogP contribution < -0.4 is 5.32 Å². The molecule has 1 N–H and O–H groups in total. The maximum atomic E-state index is 12.5. The first kappa shape index (κ1) is 15.3. The third-order valence-corrected chi connectivity index (χ3v) is 3.48. The average Bonchev–Trinajstić information content (AvgIpc) is 2.50. The number of Topliss-reactive ketones (excluding diaryl/α,β-unsaturated/α-hetero) is 2. The fourth-order valence-corrected chi connectivity index (χ4v) is 2.40. The molecule has 0 saturated carbocycles. The van der Waals surface area contributed by atoms with E-state index in [1.807, 2.05) is 44.2 Å². The molecule has 110 valence electrons. The first-order valence-electron chi connectivity index (χ1n) is 7.14. The van der Waals surface area contributed by atoms with Crippen LogP contribution in [0.1, 0.15) is 30.8 Å². The van der Waals surface area contributed by atoms with E-state index in [1.54, 1.807) is 13.2 Å². The van der Waals surface area contributed by atoms with Crippen molar-refractivity contribution in [3.05, 3.63) is 42.2 Å².